The first-order chi connectivity index (χ1) is 9.86. The molecule has 1 aromatic carbocycles. The molecular formula is C17H18N2S. The number of aromatic nitrogens is 1. The standard InChI is InChI=1S/C17H18N2S/c1-2-18-17(11-13-9-10-20-12-13)16-8-7-14-5-3-4-6-15(14)19-16/h3-10,12,17-18H,2,11H2,1H3. The van der Waals surface area contributed by atoms with Crippen LogP contribution in [0.4, 0.5) is 0 Å². The number of nitrogens with zero attached hydrogens (tertiary/aromatic N) is 1. The molecule has 2 aromatic heterocycles. The number of hydrogen-bond donors (Lipinski definition) is 1. The first kappa shape index (κ1) is 13.3. The maximum atomic E-state index is 4.82. The summed E-state index contributed by atoms with van der Waals surface area (Å²) in [5, 5.41) is 9.09. The Morgan fingerprint density at radius 1 is 1.15 bits per heavy atom. The monoisotopic (exact) mass is 282 g/mol. The smallest absolute Gasteiger partial charge is 0.0706 e. The summed E-state index contributed by atoms with van der Waals surface area (Å²) in [6, 6.07) is 15.0. The first-order valence-electron chi connectivity index (χ1n) is 6.97. The van der Waals surface area contributed by atoms with Crippen LogP contribution >= 0.6 is 11.3 Å². The van der Waals surface area contributed by atoms with Crippen molar-refractivity contribution in [1.82, 2.24) is 10.3 Å². The van der Waals surface area contributed by atoms with Gasteiger partial charge >= 0.3 is 0 Å². The van der Waals surface area contributed by atoms with E-state index in [1.165, 1.54) is 10.9 Å². The Hall–Kier alpha value is -1.71. The van der Waals surface area contributed by atoms with Crippen molar-refractivity contribution in [3.63, 3.8) is 0 Å². The summed E-state index contributed by atoms with van der Waals surface area (Å²) in [5.41, 5.74) is 3.56. The zero-order chi connectivity index (χ0) is 13.8. The van der Waals surface area contributed by atoms with Gasteiger partial charge in [0.25, 0.3) is 0 Å². The normalized spacial score (nSPS) is 12.7. The Kier molecular flexibility index (Phi) is 4.09. The van der Waals surface area contributed by atoms with Crippen molar-refractivity contribution in [3.05, 3.63) is 64.5 Å². The van der Waals surface area contributed by atoms with E-state index in [1.54, 1.807) is 11.3 Å². The van der Waals surface area contributed by atoms with Crippen molar-refractivity contribution in [3.8, 4) is 0 Å². The fraction of sp³-hybridized carbons (Fsp3) is 0.235. The van der Waals surface area contributed by atoms with Crippen LogP contribution in [0.2, 0.25) is 0 Å². The van der Waals surface area contributed by atoms with Crippen molar-refractivity contribution in [2.45, 2.75) is 19.4 Å². The van der Waals surface area contributed by atoms with E-state index in [0.717, 1.165) is 24.2 Å². The van der Waals surface area contributed by atoms with E-state index in [9.17, 15) is 0 Å². The van der Waals surface area contributed by atoms with Crippen molar-refractivity contribution in [2.75, 3.05) is 6.54 Å². The highest BCUT2D eigenvalue weighted by atomic mass is 32.1. The van der Waals surface area contributed by atoms with E-state index in [2.05, 4.69) is 59.4 Å². The molecule has 0 amide bonds. The van der Waals surface area contributed by atoms with Gasteiger partial charge in [0.05, 0.1) is 17.3 Å². The van der Waals surface area contributed by atoms with Crippen LogP contribution in [-0.4, -0.2) is 11.5 Å². The van der Waals surface area contributed by atoms with Gasteiger partial charge in [0.2, 0.25) is 0 Å². The molecule has 2 nitrogen and oxygen atoms in total. The highest BCUT2D eigenvalue weighted by Gasteiger charge is 2.13. The molecule has 0 aliphatic carbocycles. The van der Waals surface area contributed by atoms with E-state index in [1.807, 2.05) is 6.07 Å². The van der Waals surface area contributed by atoms with Crippen LogP contribution in [-0.2, 0) is 6.42 Å². The molecule has 0 spiro atoms. The molecule has 0 saturated carbocycles. The van der Waals surface area contributed by atoms with Gasteiger partial charge in [0.15, 0.2) is 0 Å². The quantitative estimate of drug-likeness (QED) is 0.759. The molecule has 0 fully saturated rings. The summed E-state index contributed by atoms with van der Waals surface area (Å²) >= 11 is 1.75. The van der Waals surface area contributed by atoms with E-state index < -0.39 is 0 Å². The number of nitrogens with one attached hydrogen (secondary N) is 1. The van der Waals surface area contributed by atoms with Gasteiger partial charge in [-0.2, -0.15) is 11.3 Å². The number of pyridine rings is 1. The van der Waals surface area contributed by atoms with E-state index >= 15 is 0 Å². The van der Waals surface area contributed by atoms with Crippen LogP contribution < -0.4 is 5.32 Å². The second kappa shape index (κ2) is 6.16. The average molecular weight is 282 g/mol. The molecular weight excluding hydrogens is 264 g/mol. The lowest BCUT2D eigenvalue weighted by atomic mass is 10.0. The number of thiophene rings is 1. The van der Waals surface area contributed by atoms with Crippen molar-refractivity contribution in [1.29, 1.82) is 0 Å². The molecule has 1 N–H and O–H groups in total. The second-order valence-electron chi connectivity index (χ2n) is 4.87. The third-order valence-corrected chi connectivity index (χ3v) is 4.18. The van der Waals surface area contributed by atoms with Crippen LogP contribution in [0.15, 0.2) is 53.2 Å². The molecule has 1 unspecified atom stereocenters. The van der Waals surface area contributed by atoms with Crippen LogP contribution in [0, 0.1) is 0 Å². The van der Waals surface area contributed by atoms with E-state index in [4.69, 9.17) is 4.98 Å². The molecule has 3 rings (SSSR count). The maximum Gasteiger partial charge on any atom is 0.0706 e. The molecule has 1 atom stereocenters. The zero-order valence-corrected chi connectivity index (χ0v) is 12.4. The van der Waals surface area contributed by atoms with Gasteiger partial charge < -0.3 is 5.32 Å². The first-order valence-corrected chi connectivity index (χ1v) is 7.91. The Bertz CT molecular complexity index is 676. The van der Waals surface area contributed by atoms with Gasteiger partial charge in [-0.3, -0.25) is 4.98 Å². The minimum atomic E-state index is 0.277. The predicted octanol–water partition coefficient (Wildman–Crippen LogP) is 4.19. The minimum Gasteiger partial charge on any atom is -0.309 e. The highest BCUT2D eigenvalue weighted by Crippen LogP contribution is 2.21. The van der Waals surface area contributed by atoms with Crippen molar-refractivity contribution >= 4 is 22.2 Å². The van der Waals surface area contributed by atoms with Gasteiger partial charge in [-0.25, -0.2) is 0 Å². The molecule has 2 heterocycles. The van der Waals surface area contributed by atoms with E-state index in [0.29, 0.717) is 0 Å². The predicted molar refractivity (Wildman–Crippen MR) is 86.2 cm³/mol. The molecule has 3 aromatic rings. The SMILES string of the molecule is CCNC(Cc1ccsc1)c1ccc2ccccc2n1. The maximum absolute atomic E-state index is 4.82. The Balaban J connectivity index is 1.91. The summed E-state index contributed by atoms with van der Waals surface area (Å²) in [5.74, 6) is 0. The summed E-state index contributed by atoms with van der Waals surface area (Å²) in [6.45, 7) is 3.09. The number of hydrogen-bond acceptors (Lipinski definition) is 3. The zero-order valence-electron chi connectivity index (χ0n) is 11.5. The van der Waals surface area contributed by atoms with Gasteiger partial charge in [-0.15, -0.1) is 0 Å². The third-order valence-electron chi connectivity index (χ3n) is 3.45. The fourth-order valence-electron chi connectivity index (χ4n) is 2.45. The van der Waals surface area contributed by atoms with Gasteiger partial charge in [0, 0.05) is 5.39 Å². The number of benzene rings is 1. The minimum absolute atomic E-state index is 0.277. The molecule has 20 heavy (non-hydrogen) atoms. The van der Waals surface area contributed by atoms with Gasteiger partial charge in [-0.05, 0) is 47.5 Å². The largest absolute Gasteiger partial charge is 0.309 e. The second-order valence-corrected chi connectivity index (χ2v) is 5.65. The van der Waals surface area contributed by atoms with Crippen molar-refractivity contribution in [2.24, 2.45) is 0 Å². The van der Waals surface area contributed by atoms with Crippen molar-refractivity contribution < 1.29 is 0 Å². The highest BCUT2D eigenvalue weighted by molar-refractivity contribution is 7.07. The summed E-state index contributed by atoms with van der Waals surface area (Å²) in [6.07, 6.45) is 0.989. The Labute approximate surface area is 123 Å². The summed E-state index contributed by atoms with van der Waals surface area (Å²) in [7, 11) is 0. The Morgan fingerprint density at radius 3 is 2.85 bits per heavy atom. The lowest BCUT2D eigenvalue weighted by molar-refractivity contribution is 0.539. The summed E-state index contributed by atoms with van der Waals surface area (Å²) < 4.78 is 0. The molecule has 0 aliphatic heterocycles. The van der Waals surface area contributed by atoms with Gasteiger partial charge in [-0.1, -0.05) is 31.2 Å². The molecule has 0 aliphatic rings. The van der Waals surface area contributed by atoms with Crippen LogP contribution in [0.3, 0.4) is 0 Å². The fourth-order valence-corrected chi connectivity index (χ4v) is 3.13. The molecule has 0 bridgehead atoms. The lowest BCUT2D eigenvalue weighted by Gasteiger charge is -2.17. The topological polar surface area (TPSA) is 24.9 Å². The lowest BCUT2D eigenvalue weighted by Crippen LogP contribution is -2.23. The van der Waals surface area contributed by atoms with E-state index in [-0.39, 0.29) is 6.04 Å². The number of likely N-dealkylation sites (N-methyl/N-ethyl adjacent to an activating group) is 1. The summed E-state index contributed by atoms with van der Waals surface area (Å²) in [4.78, 5) is 4.82. The number of para-hydroxylation sites is 1. The number of rotatable bonds is 5. The molecule has 102 valence electrons. The van der Waals surface area contributed by atoms with Gasteiger partial charge in [0.1, 0.15) is 0 Å². The van der Waals surface area contributed by atoms with Crippen LogP contribution in [0.1, 0.15) is 24.2 Å². The van der Waals surface area contributed by atoms with Crippen LogP contribution in [0.25, 0.3) is 10.9 Å². The molecule has 3 heteroatoms. The Morgan fingerprint density at radius 2 is 2.05 bits per heavy atom. The third kappa shape index (κ3) is 2.89. The number of fused-ring (bicyclic) bond motifs is 1. The average Bonchev–Trinajstić information content (AvgIpc) is 2.99. The molecule has 0 radical (unpaired) electrons. The molecule has 0 saturated heterocycles. The van der Waals surface area contributed by atoms with Crippen LogP contribution in [0.5, 0.6) is 0 Å².